The Morgan fingerprint density at radius 1 is 1.58 bits per heavy atom. The van der Waals surface area contributed by atoms with Crippen LogP contribution in [0.5, 0.6) is 0 Å². The van der Waals surface area contributed by atoms with Gasteiger partial charge in [-0.2, -0.15) is 0 Å². The molecule has 0 amide bonds. The molecule has 0 aromatic carbocycles. The first-order chi connectivity index (χ1) is 5.86. The highest BCUT2D eigenvalue weighted by molar-refractivity contribution is 4.58. The van der Waals surface area contributed by atoms with E-state index in [1.165, 1.54) is 6.42 Å². The number of rotatable bonds is 4. The smallest absolute Gasteiger partial charge is 0.158 e. The molecular weight excluding hydrogens is 156 g/mol. The molecule has 2 atom stereocenters. The molecule has 1 N–H and O–H groups in total. The van der Waals surface area contributed by atoms with Crippen molar-refractivity contribution in [2.24, 2.45) is 0 Å². The van der Waals surface area contributed by atoms with Gasteiger partial charge in [0.25, 0.3) is 0 Å². The monoisotopic (exact) mass is 174 g/mol. The average Bonchev–Trinajstić information content (AvgIpc) is 2.16. The maximum Gasteiger partial charge on any atom is 0.158 e. The molecule has 1 saturated heterocycles. The molecule has 0 aromatic heterocycles. The summed E-state index contributed by atoms with van der Waals surface area (Å²) in [5.41, 5.74) is 0. The van der Waals surface area contributed by atoms with E-state index in [1.54, 1.807) is 0 Å². The first-order valence-corrected chi connectivity index (χ1v) is 4.74. The van der Waals surface area contributed by atoms with Crippen molar-refractivity contribution in [1.29, 1.82) is 0 Å². The Kier molecular flexibility index (Phi) is 4.58. The highest BCUT2D eigenvalue weighted by Crippen LogP contribution is 2.16. The van der Waals surface area contributed by atoms with Crippen LogP contribution in [0.15, 0.2) is 0 Å². The molecule has 12 heavy (non-hydrogen) atoms. The van der Waals surface area contributed by atoms with E-state index < -0.39 is 0 Å². The molecule has 0 bridgehead atoms. The summed E-state index contributed by atoms with van der Waals surface area (Å²) in [4.78, 5) is 0. The Labute approximate surface area is 73.7 Å². The van der Waals surface area contributed by atoms with Gasteiger partial charge >= 0.3 is 0 Å². The second kappa shape index (κ2) is 5.51. The lowest BCUT2D eigenvalue weighted by atomic mass is 10.2. The normalized spacial score (nSPS) is 27.0. The van der Waals surface area contributed by atoms with Crippen molar-refractivity contribution in [3.8, 4) is 0 Å². The van der Waals surface area contributed by atoms with Crippen molar-refractivity contribution in [1.82, 2.24) is 0 Å². The number of aliphatic hydroxyl groups is 1. The third kappa shape index (κ3) is 3.09. The molecule has 3 heteroatoms. The van der Waals surface area contributed by atoms with E-state index in [0.717, 1.165) is 25.9 Å². The zero-order valence-electron chi connectivity index (χ0n) is 7.66. The van der Waals surface area contributed by atoms with E-state index in [-0.39, 0.29) is 19.0 Å². The molecule has 0 aliphatic carbocycles. The van der Waals surface area contributed by atoms with Crippen LogP contribution in [-0.4, -0.2) is 30.7 Å². The fourth-order valence-electron chi connectivity index (χ4n) is 1.30. The quantitative estimate of drug-likeness (QED) is 0.698. The molecule has 3 nitrogen and oxygen atoms in total. The predicted molar refractivity (Wildman–Crippen MR) is 45.8 cm³/mol. The lowest BCUT2D eigenvalue weighted by Gasteiger charge is -2.26. The van der Waals surface area contributed by atoms with E-state index in [4.69, 9.17) is 14.6 Å². The maximum absolute atomic E-state index is 8.88. The van der Waals surface area contributed by atoms with E-state index in [9.17, 15) is 0 Å². The highest BCUT2D eigenvalue weighted by atomic mass is 16.7. The van der Waals surface area contributed by atoms with Crippen LogP contribution >= 0.6 is 0 Å². The summed E-state index contributed by atoms with van der Waals surface area (Å²) in [6.07, 6.45) is 4.00. The molecule has 0 aromatic rings. The third-order valence-electron chi connectivity index (χ3n) is 2.14. The van der Waals surface area contributed by atoms with Gasteiger partial charge in [-0.25, -0.2) is 0 Å². The summed E-state index contributed by atoms with van der Waals surface area (Å²) >= 11 is 0. The van der Waals surface area contributed by atoms with Crippen molar-refractivity contribution in [3.05, 3.63) is 0 Å². The Balaban J connectivity index is 2.18. The zero-order chi connectivity index (χ0) is 8.81. The summed E-state index contributed by atoms with van der Waals surface area (Å²) in [5.74, 6) is 0. The molecule has 1 aliphatic rings. The van der Waals surface area contributed by atoms with Crippen LogP contribution in [0, 0.1) is 0 Å². The van der Waals surface area contributed by atoms with E-state index in [0.29, 0.717) is 0 Å². The minimum Gasteiger partial charge on any atom is -0.394 e. The van der Waals surface area contributed by atoms with Gasteiger partial charge in [-0.3, -0.25) is 0 Å². The van der Waals surface area contributed by atoms with Gasteiger partial charge in [0.15, 0.2) is 6.29 Å². The Hall–Kier alpha value is -0.120. The van der Waals surface area contributed by atoms with Crippen LogP contribution in [-0.2, 0) is 9.47 Å². The minimum atomic E-state index is -0.0733. The topological polar surface area (TPSA) is 38.7 Å². The lowest BCUT2D eigenvalue weighted by molar-refractivity contribution is -0.194. The standard InChI is InChI=1S/C9H18O3/c1-2-8(7-10)12-9-5-3-4-6-11-9/h8-10H,2-7H2,1H3. The van der Waals surface area contributed by atoms with Crippen LogP contribution in [0.3, 0.4) is 0 Å². The highest BCUT2D eigenvalue weighted by Gasteiger charge is 2.17. The number of aliphatic hydroxyl groups excluding tert-OH is 1. The molecule has 0 radical (unpaired) electrons. The summed E-state index contributed by atoms with van der Waals surface area (Å²) in [6, 6.07) is 0. The summed E-state index contributed by atoms with van der Waals surface area (Å²) in [5, 5.41) is 8.88. The van der Waals surface area contributed by atoms with Crippen molar-refractivity contribution >= 4 is 0 Å². The van der Waals surface area contributed by atoms with Gasteiger partial charge in [0.05, 0.1) is 12.7 Å². The number of ether oxygens (including phenoxy) is 2. The summed E-state index contributed by atoms with van der Waals surface area (Å²) < 4.78 is 10.9. The molecule has 0 spiro atoms. The minimum absolute atomic E-state index is 0.0481. The van der Waals surface area contributed by atoms with Gasteiger partial charge in [0.2, 0.25) is 0 Å². The van der Waals surface area contributed by atoms with Crippen LogP contribution in [0.1, 0.15) is 32.6 Å². The van der Waals surface area contributed by atoms with Gasteiger partial charge in [-0.1, -0.05) is 6.92 Å². The van der Waals surface area contributed by atoms with Crippen molar-refractivity contribution in [2.75, 3.05) is 13.2 Å². The lowest BCUT2D eigenvalue weighted by Crippen LogP contribution is -2.29. The van der Waals surface area contributed by atoms with E-state index in [1.807, 2.05) is 6.92 Å². The third-order valence-corrected chi connectivity index (χ3v) is 2.14. The Morgan fingerprint density at radius 3 is 2.92 bits per heavy atom. The molecule has 1 heterocycles. The largest absolute Gasteiger partial charge is 0.394 e. The van der Waals surface area contributed by atoms with Gasteiger partial charge < -0.3 is 14.6 Å². The zero-order valence-corrected chi connectivity index (χ0v) is 7.66. The fourth-order valence-corrected chi connectivity index (χ4v) is 1.30. The molecular formula is C9H18O3. The molecule has 1 rings (SSSR count). The predicted octanol–water partition coefficient (Wildman–Crippen LogP) is 1.30. The van der Waals surface area contributed by atoms with Crippen LogP contribution in [0.2, 0.25) is 0 Å². The average molecular weight is 174 g/mol. The summed E-state index contributed by atoms with van der Waals surface area (Å²) in [7, 11) is 0. The number of hydrogen-bond acceptors (Lipinski definition) is 3. The van der Waals surface area contributed by atoms with E-state index >= 15 is 0 Å². The van der Waals surface area contributed by atoms with Crippen molar-refractivity contribution < 1.29 is 14.6 Å². The van der Waals surface area contributed by atoms with Gasteiger partial charge in [0.1, 0.15) is 0 Å². The molecule has 72 valence electrons. The maximum atomic E-state index is 8.88. The SMILES string of the molecule is CCC(CO)OC1CCCCO1. The first kappa shape index (κ1) is 9.96. The fraction of sp³-hybridized carbons (Fsp3) is 1.00. The first-order valence-electron chi connectivity index (χ1n) is 4.74. The van der Waals surface area contributed by atoms with Crippen LogP contribution in [0.25, 0.3) is 0 Å². The van der Waals surface area contributed by atoms with Crippen molar-refractivity contribution in [3.63, 3.8) is 0 Å². The van der Waals surface area contributed by atoms with E-state index in [2.05, 4.69) is 0 Å². The van der Waals surface area contributed by atoms with Crippen LogP contribution in [0.4, 0.5) is 0 Å². The second-order valence-electron chi connectivity index (χ2n) is 3.15. The molecule has 2 unspecified atom stereocenters. The van der Waals surface area contributed by atoms with Crippen molar-refractivity contribution in [2.45, 2.75) is 45.0 Å². The van der Waals surface area contributed by atoms with Gasteiger partial charge in [-0.15, -0.1) is 0 Å². The van der Waals surface area contributed by atoms with Gasteiger partial charge in [0, 0.05) is 6.61 Å². The Bertz CT molecular complexity index is 106. The second-order valence-corrected chi connectivity index (χ2v) is 3.15. The molecule has 0 saturated carbocycles. The molecule has 1 aliphatic heterocycles. The molecule has 1 fully saturated rings. The van der Waals surface area contributed by atoms with Gasteiger partial charge in [-0.05, 0) is 25.7 Å². The summed E-state index contributed by atoms with van der Waals surface area (Å²) in [6.45, 7) is 2.90. The Morgan fingerprint density at radius 2 is 2.42 bits per heavy atom. The number of hydrogen-bond donors (Lipinski definition) is 1. The van der Waals surface area contributed by atoms with Crippen LogP contribution < -0.4 is 0 Å².